The molecule has 1 aliphatic heterocycles. The van der Waals surface area contributed by atoms with Gasteiger partial charge in [0, 0.05) is 31.5 Å². The molecule has 0 saturated heterocycles. The van der Waals surface area contributed by atoms with Crippen LogP contribution < -0.4 is 59.9 Å². The van der Waals surface area contributed by atoms with E-state index in [2.05, 4.69) is 112 Å². The van der Waals surface area contributed by atoms with Crippen LogP contribution in [0, 0.1) is 0 Å². The van der Waals surface area contributed by atoms with Gasteiger partial charge in [-0.1, -0.05) is 79.7 Å². The maximum absolute atomic E-state index is 12.5. The molecule has 17 N–H and O–H groups in total. The van der Waals surface area contributed by atoms with Crippen LogP contribution in [0.5, 0.6) is 0 Å². The van der Waals surface area contributed by atoms with E-state index < -0.39 is 83.6 Å². The lowest BCUT2D eigenvalue weighted by Crippen LogP contribution is -2.49. The van der Waals surface area contributed by atoms with Crippen molar-refractivity contribution >= 4 is 89.4 Å². The van der Waals surface area contributed by atoms with Gasteiger partial charge in [-0.15, -0.1) is 17.9 Å². The summed E-state index contributed by atoms with van der Waals surface area (Å²) in [5.41, 5.74) is 21.6. The number of nitrogens with zero attached hydrogens (tertiary/aromatic N) is 5. The number of benzene rings is 3. The molecule has 33 heteroatoms. The normalized spacial score (nSPS) is 11.3. The molecule has 3 aromatic carbocycles. The lowest BCUT2D eigenvalue weighted by atomic mass is 10.1. The van der Waals surface area contributed by atoms with E-state index in [9.17, 15) is 47.9 Å². The Morgan fingerprint density at radius 1 is 0.649 bits per heavy atom. The molecule has 1 heterocycles. The molecule has 0 radical (unpaired) electrons. The summed E-state index contributed by atoms with van der Waals surface area (Å²) in [7, 11) is 4.12. The maximum Gasteiger partial charge on any atom is 0.408 e. The van der Waals surface area contributed by atoms with Crippen molar-refractivity contribution in [3.8, 4) is 0 Å². The number of halogens is 1. The zero-order valence-electron chi connectivity index (χ0n) is 58.5. The van der Waals surface area contributed by atoms with E-state index in [0.29, 0.717) is 12.1 Å². The van der Waals surface area contributed by atoms with Crippen LogP contribution >= 0.6 is 12.4 Å². The minimum atomic E-state index is -1.24. The van der Waals surface area contributed by atoms with Gasteiger partial charge in [-0.2, -0.15) is 5.17 Å². The van der Waals surface area contributed by atoms with Gasteiger partial charge in [0.05, 0.1) is 44.4 Å². The second kappa shape index (κ2) is 54.1. The van der Waals surface area contributed by atoms with Crippen LogP contribution in [-0.2, 0) is 70.5 Å². The number of hydrogen-bond donors (Lipinski definition) is 12. The molecule has 0 aromatic heterocycles. The highest BCUT2D eigenvalue weighted by molar-refractivity contribution is 5.91. The van der Waals surface area contributed by atoms with Gasteiger partial charge in [0.2, 0.25) is 29.5 Å². The minimum absolute atomic E-state index is 0. The third kappa shape index (κ3) is 53.9. The Kier molecular flexibility index (Phi) is 52.7. The summed E-state index contributed by atoms with van der Waals surface area (Å²) in [5, 5.41) is 30.5. The van der Waals surface area contributed by atoms with Crippen LogP contribution in [0.25, 0.3) is 0 Å². The first-order chi connectivity index (χ1) is 44.5. The van der Waals surface area contributed by atoms with E-state index >= 15 is 0 Å². The van der Waals surface area contributed by atoms with Gasteiger partial charge >= 0.3 is 30.1 Å². The highest BCUT2D eigenvalue weighted by Gasteiger charge is 2.26. The number of ether oxygens (including phenoxy) is 4. The highest BCUT2D eigenvalue weighted by atomic mass is 35.5. The van der Waals surface area contributed by atoms with E-state index in [4.69, 9.17) is 46.5 Å². The number of primary amides is 2. The monoisotopic (exact) mass is 1390 g/mol. The van der Waals surface area contributed by atoms with Gasteiger partial charge in [-0.3, -0.25) is 49.1 Å². The molecule has 548 valence electrons. The van der Waals surface area contributed by atoms with E-state index in [-0.39, 0.29) is 82.3 Å². The Morgan fingerprint density at radius 3 is 1.48 bits per heavy atom. The molecule has 0 aliphatic carbocycles. The van der Waals surface area contributed by atoms with Gasteiger partial charge in [0.1, 0.15) is 42.2 Å². The summed E-state index contributed by atoms with van der Waals surface area (Å²) < 4.78 is 20.4. The summed E-state index contributed by atoms with van der Waals surface area (Å²) in [4.78, 5) is 126. The number of alkyl carbamates (subject to hydrolysis) is 2. The molecule has 2 unspecified atom stereocenters. The summed E-state index contributed by atoms with van der Waals surface area (Å²) in [5.74, 6) is -5.35. The summed E-state index contributed by atoms with van der Waals surface area (Å²) in [6, 6.07) is 27.0. The van der Waals surface area contributed by atoms with E-state index in [1.807, 2.05) is 43.3 Å². The average molecular weight is 1400 g/mol. The molecule has 0 fully saturated rings. The fraction of sp³-hybridized carbons (Fsp3) is 0.547. The number of carbonyl (C=O) groups excluding carboxylic acids is 9. The molecule has 1 aliphatic rings. The number of rotatable bonds is 29. The van der Waals surface area contributed by atoms with Crippen LogP contribution in [0.2, 0.25) is 0 Å². The van der Waals surface area contributed by atoms with Crippen molar-refractivity contribution in [2.45, 2.75) is 164 Å². The largest absolute Gasteiger partial charge is 0.480 e. The highest BCUT2D eigenvalue weighted by Crippen LogP contribution is 2.26. The number of aliphatic carboxylic acids is 1. The molecular weight excluding hydrogens is 1290 g/mol. The molecule has 97 heavy (non-hydrogen) atoms. The van der Waals surface area contributed by atoms with Gasteiger partial charge in [0.25, 0.3) is 0 Å². The molecule has 2 atom stereocenters. The van der Waals surface area contributed by atoms with Gasteiger partial charge in [-0.25, -0.2) is 24.4 Å². The zero-order valence-corrected chi connectivity index (χ0v) is 59.3. The van der Waals surface area contributed by atoms with Crippen LogP contribution in [0.3, 0.4) is 0 Å². The Balaban J connectivity index is -0.000000579. The number of para-hydroxylation sites is 2. The molecule has 3 aromatic rings. The van der Waals surface area contributed by atoms with Gasteiger partial charge in [0.15, 0.2) is 0 Å². The molecular formula is C64H108ClN15O17. The Bertz CT molecular complexity index is 2810. The van der Waals surface area contributed by atoms with Crippen LogP contribution in [0.4, 0.5) is 21.0 Å². The number of aliphatic imine (C=N–C) groups is 2. The fourth-order valence-corrected chi connectivity index (χ4v) is 7.35. The Labute approximate surface area is 575 Å². The van der Waals surface area contributed by atoms with E-state index in [1.54, 1.807) is 90.1 Å². The van der Waals surface area contributed by atoms with Crippen molar-refractivity contribution < 1.29 is 82.7 Å². The number of amides is 7. The number of carbonyl (C=O) groups is 10. The predicted octanol–water partition coefficient (Wildman–Crippen LogP) is 3.74. The number of esters is 2. The van der Waals surface area contributed by atoms with Gasteiger partial charge in [-0.05, 0) is 146 Å². The van der Waals surface area contributed by atoms with Crippen LogP contribution in [0.1, 0.15) is 126 Å². The topological polar surface area (TPSA) is 476 Å². The standard InChI is InChI=1S/C21H30N4O7.C17H23NO6.C8H17N3.C8H19N.C6H7N3O.C4H9N3O2.ClH.H2O/c1-21(2,3)32-18(28)10-9-15(19(29)24-12-17(27)23-11-16(22)26)25-20(30)31-13-14-7-5-4-6-8-14;1-17(2,3)24-14(19)10-9-13(15(20)21)18-16(22)23-11-12-7-5-4-6-8-12;1-4-9-8-10-6-5-7-11(2)3;1-6-9(7(2)3)8(4)5;10-9-6-4-2-1-3-5(6)7-8-9;5-1-4(9)7-2-3(6)8;;/h4-8,15H,9-13H2,1-3H3,(H2,22,26)(H,23,27)(H,24,29)(H,25,30);4-8,13H,9-11H2,1-3H3,(H,18,22)(H,20,21);4-7H2,1-3H3;7-8H,6H2,1-5H3;1-4,7-8,10H;1-2,5H2,(H2,6,8)(H,7,9);1H;1H2. The fourth-order valence-electron chi connectivity index (χ4n) is 7.35. The predicted molar refractivity (Wildman–Crippen MR) is 371 cm³/mol. The van der Waals surface area contributed by atoms with Crippen molar-refractivity contribution in [2.75, 3.05) is 77.1 Å². The lowest BCUT2D eigenvalue weighted by Gasteiger charge is -2.28. The quantitative estimate of drug-likeness (QED) is 0.0204. The number of carboxylic acid groups (broad SMARTS) is 1. The summed E-state index contributed by atoms with van der Waals surface area (Å²) in [6.07, 6.45) is -1.06. The zero-order chi connectivity index (χ0) is 72.5. The third-order valence-electron chi connectivity index (χ3n) is 11.6. The van der Waals surface area contributed by atoms with Crippen molar-refractivity contribution in [1.82, 2.24) is 41.9 Å². The second-order valence-electron chi connectivity index (χ2n) is 23.2. The molecule has 4 rings (SSSR count). The number of hydrazine groups is 2. The minimum Gasteiger partial charge on any atom is -0.480 e. The number of nitrogens with one attached hydrogen (secondary N) is 7. The first-order valence-electron chi connectivity index (χ1n) is 30.8. The van der Waals surface area contributed by atoms with Gasteiger partial charge < -0.3 is 78.2 Å². The van der Waals surface area contributed by atoms with Crippen LogP contribution in [-0.4, -0.2) is 193 Å². The molecule has 32 nitrogen and oxygen atoms in total. The Hall–Kier alpha value is -9.01. The number of fused-ring (bicyclic) bond motifs is 1. The van der Waals surface area contributed by atoms with Crippen molar-refractivity contribution in [3.63, 3.8) is 0 Å². The molecule has 0 saturated carbocycles. The summed E-state index contributed by atoms with van der Waals surface area (Å²) >= 11 is 0. The number of anilines is 2. The van der Waals surface area contributed by atoms with Crippen LogP contribution in [0.15, 0.2) is 94.9 Å². The number of hydrogen-bond acceptors (Lipinski definition) is 23. The maximum atomic E-state index is 12.5. The van der Waals surface area contributed by atoms with Crippen molar-refractivity contribution in [2.24, 2.45) is 27.2 Å². The smallest absolute Gasteiger partial charge is 0.408 e. The Morgan fingerprint density at radius 2 is 1.09 bits per heavy atom. The molecule has 7 amide bonds. The molecule has 0 spiro atoms. The second-order valence-corrected chi connectivity index (χ2v) is 23.2. The SMILES string of the molecule is CC(C)(C)OC(=O)CCC(NC(=O)OCc1ccccc1)C(=O)NCC(=O)NCC(N)=O.CC(C)(C)OC(=O)CCC(NC(=O)OCc1ccccc1)C(=O)O.CCN(C(C)C)C(C)C.CCN=C=NCCCN(C)C.Cl.NCC(=O)NCC(N)=O.O.ON1NNc2ccccc21. The van der Waals surface area contributed by atoms with Crippen molar-refractivity contribution in [1.29, 1.82) is 0 Å². The number of carboxylic acids is 1. The number of nitrogens with two attached hydrogens (primary N) is 3. The average Bonchev–Trinajstić information content (AvgIpc) is 1.75. The summed E-state index contributed by atoms with van der Waals surface area (Å²) in [6.45, 7) is 26.2. The van der Waals surface area contributed by atoms with E-state index in [1.165, 1.54) is 0 Å². The van der Waals surface area contributed by atoms with Crippen molar-refractivity contribution in [3.05, 3.63) is 96.1 Å². The van der Waals surface area contributed by atoms with E-state index in [0.717, 1.165) is 60.3 Å². The lowest BCUT2D eigenvalue weighted by molar-refractivity contribution is -0.156. The first kappa shape index (κ1) is 94.4. The first-order valence-corrected chi connectivity index (χ1v) is 30.8. The molecule has 0 bridgehead atoms. The third-order valence-corrected chi connectivity index (χ3v) is 11.6.